The maximum absolute atomic E-state index is 11.3. The van der Waals surface area contributed by atoms with Gasteiger partial charge >= 0.3 is 5.97 Å². The normalized spacial score (nSPS) is 19.6. The van der Waals surface area contributed by atoms with Gasteiger partial charge in [-0.25, -0.2) is 0 Å². The molecule has 0 amide bonds. The van der Waals surface area contributed by atoms with Crippen LogP contribution in [-0.4, -0.2) is 42.8 Å². The topological polar surface area (TPSA) is 59.0 Å². The van der Waals surface area contributed by atoms with Crippen molar-refractivity contribution >= 4 is 5.97 Å². The van der Waals surface area contributed by atoms with Crippen molar-refractivity contribution in [1.82, 2.24) is 4.90 Å². The highest BCUT2D eigenvalue weighted by atomic mass is 16.5. The highest BCUT2D eigenvalue weighted by molar-refractivity contribution is 5.73. The summed E-state index contributed by atoms with van der Waals surface area (Å²) in [5, 5.41) is 9.30. The lowest BCUT2D eigenvalue weighted by atomic mass is 10.0. The van der Waals surface area contributed by atoms with Gasteiger partial charge in [0.05, 0.1) is 14.2 Å². The molecule has 110 valence electrons. The average molecular weight is 279 g/mol. The summed E-state index contributed by atoms with van der Waals surface area (Å²) in [6, 6.07) is 5.28. The summed E-state index contributed by atoms with van der Waals surface area (Å²) in [5.41, 5.74) is 1.01. The minimum atomic E-state index is -0.737. The number of rotatable bonds is 5. The number of carboxylic acid groups (broad SMARTS) is 1. The van der Waals surface area contributed by atoms with Crippen molar-refractivity contribution in [2.75, 3.05) is 20.8 Å². The van der Waals surface area contributed by atoms with Gasteiger partial charge in [-0.1, -0.05) is 6.42 Å². The van der Waals surface area contributed by atoms with E-state index in [-0.39, 0.29) is 6.04 Å². The summed E-state index contributed by atoms with van der Waals surface area (Å²) < 4.78 is 10.5. The second-order valence-corrected chi connectivity index (χ2v) is 5.04. The van der Waals surface area contributed by atoms with E-state index < -0.39 is 5.97 Å². The Morgan fingerprint density at radius 3 is 2.45 bits per heavy atom. The molecule has 5 heteroatoms. The molecule has 0 aromatic heterocycles. The molecule has 0 aliphatic carbocycles. The van der Waals surface area contributed by atoms with E-state index >= 15 is 0 Å². The molecule has 1 atom stereocenters. The van der Waals surface area contributed by atoms with Crippen molar-refractivity contribution in [3.05, 3.63) is 23.8 Å². The Hall–Kier alpha value is -1.75. The van der Waals surface area contributed by atoms with Crippen molar-refractivity contribution in [2.45, 2.75) is 31.8 Å². The molecule has 1 heterocycles. The van der Waals surface area contributed by atoms with Crippen molar-refractivity contribution in [3.8, 4) is 11.5 Å². The predicted molar refractivity (Wildman–Crippen MR) is 75.2 cm³/mol. The SMILES string of the molecule is COc1cc(CN2CCCCC2C(=O)O)cc(OC)c1. The van der Waals surface area contributed by atoms with Crippen LogP contribution in [0.15, 0.2) is 18.2 Å². The van der Waals surface area contributed by atoms with Crippen molar-refractivity contribution < 1.29 is 19.4 Å². The summed E-state index contributed by atoms with van der Waals surface area (Å²) in [7, 11) is 3.22. The van der Waals surface area contributed by atoms with E-state index in [0.717, 1.165) is 42.9 Å². The Labute approximate surface area is 119 Å². The lowest BCUT2D eigenvalue weighted by molar-refractivity contribution is -0.144. The molecule has 1 aromatic carbocycles. The molecule has 1 unspecified atom stereocenters. The second kappa shape index (κ2) is 6.61. The molecular weight excluding hydrogens is 258 g/mol. The highest BCUT2D eigenvalue weighted by Crippen LogP contribution is 2.26. The number of carboxylic acids is 1. The lowest BCUT2D eigenvalue weighted by Gasteiger charge is -2.32. The van der Waals surface area contributed by atoms with Crippen LogP contribution in [0.1, 0.15) is 24.8 Å². The van der Waals surface area contributed by atoms with Gasteiger partial charge in [0.1, 0.15) is 17.5 Å². The number of methoxy groups -OCH3 is 2. The Morgan fingerprint density at radius 2 is 1.90 bits per heavy atom. The quantitative estimate of drug-likeness (QED) is 0.895. The first-order valence-electron chi connectivity index (χ1n) is 6.83. The molecular formula is C15H21NO4. The Bertz CT molecular complexity index is 453. The summed E-state index contributed by atoms with van der Waals surface area (Å²) in [5.74, 6) is 0.714. The number of piperidine rings is 1. The third-order valence-corrected chi connectivity index (χ3v) is 3.70. The summed E-state index contributed by atoms with van der Waals surface area (Å²) in [6.07, 6.45) is 2.75. The van der Waals surface area contributed by atoms with E-state index in [1.165, 1.54) is 0 Å². The van der Waals surface area contributed by atoms with E-state index in [1.54, 1.807) is 14.2 Å². The Kier molecular flexibility index (Phi) is 4.84. The molecule has 2 rings (SSSR count). The fraction of sp³-hybridized carbons (Fsp3) is 0.533. The standard InChI is InChI=1S/C15H21NO4/c1-19-12-7-11(8-13(9-12)20-2)10-16-6-4-3-5-14(16)15(17)18/h7-9,14H,3-6,10H2,1-2H3,(H,17,18). The number of nitrogens with zero attached hydrogens (tertiary/aromatic N) is 1. The van der Waals surface area contributed by atoms with Crippen LogP contribution < -0.4 is 9.47 Å². The summed E-state index contributed by atoms with van der Waals surface area (Å²) >= 11 is 0. The van der Waals surface area contributed by atoms with E-state index in [2.05, 4.69) is 0 Å². The summed E-state index contributed by atoms with van der Waals surface area (Å²) in [4.78, 5) is 13.3. The van der Waals surface area contributed by atoms with Gasteiger partial charge in [0.25, 0.3) is 0 Å². The van der Waals surface area contributed by atoms with Gasteiger partial charge in [0.2, 0.25) is 0 Å². The molecule has 0 spiro atoms. The number of ether oxygens (including phenoxy) is 2. The van der Waals surface area contributed by atoms with Crippen LogP contribution in [-0.2, 0) is 11.3 Å². The molecule has 0 bridgehead atoms. The Morgan fingerprint density at radius 1 is 1.25 bits per heavy atom. The number of benzene rings is 1. The summed E-state index contributed by atoms with van der Waals surface area (Å²) in [6.45, 7) is 1.42. The third-order valence-electron chi connectivity index (χ3n) is 3.70. The van der Waals surface area contributed by atoms with E-state index in [9.17, 15) is 9.90 Å². The number of hydrogen-bond donors (Lipinski definition) is 1. The number of carbonyl (C=O) groups is 1. The van der Waals surface area contributed by atoms with E-state index in [1.807, 2.05) is 23.1 Å². The van der Waals surface area contributed by atoms with Gasteiger partial charge in [-0.3, -0.25) is 9.69 Å². The fourth-order valence-corrected chi connectivity index (χ4v) is 2.65. The molecule has 1 saturated heterocycles. The first-order valence-corrected chi connectivity index (χ1v) is 6.83. The smallest absolute Gasteiger partial charge is 0.320 e. The first-order chi connectivity index (χ1) is 9.63. The first kappa shape index (κ1) is 14.7. The van der Waals surface area contributed by atoms with Crippen LogP contribution in [0.5, 0.6) is 11.5 Å². The van der Waals surface area contributed by atoms with Crippen LogP contribution in [0.25, 0.3) is 0 Å². The van der Waals surface area contributed by atoms with Crippen LogP contribution >= 0.6 is 0 Å². The molecule has 1 fully saturated rings. The highest BCUT2D eigenvalue weighted by Gasteiger charge is 2.28. The van der Waals surface area contributed by atoms with Crippen LogP contribution in [0.4, 0.5) is 0 Å². The van der Waals surface area contributed by atoms with Gasteiger partial charge in [0, 0.05) is 12.6 Å². The molecule has 0 radical (unpaired) electrons. The monoisotopic (exact) mass is 279 g/mol. The average Bonchev–Trinajstić information content (AvgIpc) is 2.47. The van der Waals surface area contributed by atoms with Crippen LogP contribution in [0.3, 0.4) is 0 Å². The molecule has 20 heavy (non-hydrogen) atoms. The zero-order chi connectivity index (χ0) is 14.5. The Balaban J connectivity index is 2.17. The van der Waals surface area contributed by atoms with Crippen LogP contribution in [0.2, 0.25) is 0 Å². The maximum Gasteiger partial charge on any atom is 0.320 e. The lowest BCUT2D eigenvalue weighted by Crippen LogP contribution is -2.43. The van der Waals surface area contributed by atoms with Gasteiger partial charge in [-0.2, -0.15) is 0 Å². The van der Waals surface area contributed by atoms with Gasteiger partial charge in [-0.15, -0.1) is 0 Å². The third kappa shape index (κ3) is 3.42. The second-order valence-electron chi connectivity index (χ2n) is 5.04. The van der Waals surface area contributed by atoms with E-state index in [4.69, 9.17) is 9.47 Å². The van der Waals surface area contributed by atoms with Crippen LogP contribution in [0, 0.1) is 0 Å². The molecule has 1 aromatic rings. The molecule has 0 saturated carbocycles. The van der Waals surface area contributed by atoms with Gasteiger partial charge in [0.15, 0.2) is 0 Å². The van der Waals surface area contributed by atoms with Gasteiger partial charge < -0.3 is 14.6 Å². The minimum Gasteiger partial charge on any atom is -0.497 e. The predicted octanol–water partition coefficient (Wildman–Crippen LogP) is 2.14. The van der Waals surface area contributed by atoms with Crippen molar-refractivity contribution in [2.24, 2.45) is 0 Å². The van der Waals surface area contributed by atoms with Crippen molar-refractivity contribution in [1.29, 1.82) is 0 Å². The molecule has 5 nitrogen and oxygen atoms in total. The zero-order valence-electron chi connectivity index (χ0n) is 12.0. The number of aliphatic carboxylic acids is 1. The molecule has 1 N–H and O–H groups in total. The fourth-order valence-electron chi connectivity index (χ4n) is 2.65. The van der Waals surface area contributed by atoms with Gasteiger partial charge in [-0.05, 0) is 37.1 Å². The molecule has 1 aliphatic rings. The van der Waals surface area contributed by atoms with Crippen molar-refractivity contribution in [3.63, 3.8) is 0 Å². The largest absolute Gasteiger partial charge is 0.497 e. The molecule has 1 aliphatic heterocycles. The zero-order valence-corrected chi connectivity index (χ0v) is 12.0. The maximum atomic E-state index is 11.3. The minimum absolute atomic E-state index is 0.388. The van der Waals surface area contributed by atoms with E-state index in [0.29, 0.717) is 6.54 Å². The number of likely N-dealkylation sites (tertiary alicyclic amines) is 1. The number of hydrogen-bond acceptors (Lipinski definition) is 4.